The van der Waals surface area contributed by atoms with Gasteiger partial charge in [0.2, 0.25) is 0 Å². The molecule has 1 aromatic heterocycles. The Balaban J connectivity index is 2.16. The standard InChI is InChI=1S/C14H18ClN3O3/c1-14(2)6-8(13(20)21-3)18-9(14)10(15)17-11(12(18)19)16-7-4-5-7/h7-8H,4-6H2,1-3H3,(H,16,17)/t8-/m0/s1. The van der Waals surface area contributed by atoms with Gasteiger partial charge in [0.1, 0.15) is 6.04 Å². The third-order valence-corrected chi connectivity index (χ3v) is 4.38. The molecule has 0 saturated heterocycles. The summed E-state index contributed by atoms with van der Waals surface area (Å²) in [5.41, 5.74) is -0.103. The molecule has 21 heavy (non-hydrogen) atoms. The van der Waals surface area contributed by atoms with Crippen molar-refractivity contribution in [3.63, 3.8) is 0 Å². The molecule has 7 heteroatoms. The molecule has 1 aliphatic heterocycles. The summed E-state index contributed by atoms with van der Waals surface area (Å²) < 4.78 is 6.28. The van der Waals surface area contributed by atoms with Gasteiger partial charge in [0, 0.05) is 11.5 Å². The zero-order chi connectivity index (χ0) is 15.4. The molecule has 0 radical (unpaired) electrons. The van der Waals surface area contributed by atoms with Crippen molar-refractivity contribution in [1.29, 1.82) is 0 Å². The summed E-state index contributed by atoms with van der Waals surface area (Å²) in [6, 6.07) is -0.362. The molecular weight excluding hydrogens is 294 g/mol. The minimum atomic E-state index is -0.646. The first-order chi connectivity index (χ1) is 9.85. The summed E-state index contributed by atoms with van der Waals surface area (Å²) in [6.07, 6.45) is 2.52. The van der Waals surface area contributed by atoms with Crippen LogP contribution >= 0.6 is 11.6 Å². The van der Waals surface area contributed by atoms with E-state index in [2.05, 4.69) is 10.3 Å². The maximum Gasteiger partial charge on any atom is 0.329 e. The quantitative estimate of drug-likeness (QED) is 0.863. The van der Waals surface area contributed by atoms with Gasteiger partial charge in [0.15, 0.2) is 11.0 Å². The lowest BCUT2D eigenvalue weighted by Gasteiger charge is -2.18. The summed E-state index contributed by atoms with van der Waals surface area (Å²) in [7, 11) is 1.32. The highest BCUT2D eigenvalue weighted by molar-refractivity contribution is 6.30. The number of ether oxygens (including phenoxy) is 1. The van der Waals surface area contributed by atoms with E-state index in [-0.39, 0.29) is 22.6 Å². The molecule has 1 atom stereocenters. The second kappa shape index (κ2) is 4.73. The predicted molar refractivity (Wildman–Crippen MR) is 78.8 cm³/mol. The molecule has 1 aromatic rings. The first kappa shape index (κ1) is 14.4. The number of anilines is 1. The van der Waals surface area contributed by atoms with Gasteiger partial charge in [-0.1, -0.05) is 25.4 Å². The Hall–Kier alpha value is -1.56. The largest absolute Gasteiger partial charge is 0.467 e. The molecule has 2 aliphatic rings. The van der Waals surface area contributed by atoms with E-state index in [0.717, 1.165) is 12.8 Å². The molecular formula is C14H18ClN3O3. The smallest absolute Gasteiger partial charge is 0.329 e. The van der Waals surface area contributed by atoms with E-state index in [9.17, 15) is 9.59 Å². The Labute approximate surface area is 127 Å². The first-order valence-electron chi connectivity index (χ1n) is 7.02. The molecule has 1 fully saturated rings. The van der Waals surface area contributed by atoms with E-state index in [0.29, 0.717) is 12.1 Å². The molecule has 1 aliphatic carbocycles. The van der Waals surface area contributed by atoms with Crippen molar-refractivity contribution >= 4 is 23.4 Å². The van der Waals surface area contributed by atoms with Crippen molar-refractivity contribution in [3.8, 4) is 0 Å². The monoisotopic (exact) mass is 311 g/mol. The van der Waals surface area contributed by atoms with Crippen molar-refractivity contribution in [2.75, 3.05) is 12.4 Å². The number of nitrogens with one attached hydrogen (secondary N) is 1. The molecule has 0 bridgehead atoms. The minimum Gasteiger partial charge on any atom is -0.467 e. The van der Waals surface area contributed by atoms with E-state index < -0.39 is 17.4 Å². The summed E-state index contributed by atoms with van der Waals surface area (Å²) in [5.74, 6) is -0.207. The fourth-order valence-corrected chi connectivity index (χ4v) is 3.36. The van der Waals surface area contributed by atoms with Gasteiger partial charge in [-0.05, 0) is 19.3 Å². The van der Waals surface area contributed by atoms with Gasteiger partial charge in [-0.2, -0.15) is 0 Å². The number of methoxy groups -OCH3 is 1. The normalized spacial score (nSPS) is 22.8. The number of carbonyl (C=O) groups excluding carboxylic acids is 1. The van der Waals surface area contributed by atoms with Crippen LogP contribution < -0.4 is 10.9 Å². The number of nitrogens with zero attached hydrogens (tertiary/aromatic N) is 2. The van der Waals surface area contributed by atoms with E-state index in [1.165, 1.54) is 11.7 Å². The molecule has 114 valence electrons. The van der Waals surface area contributed by atoms with Gasteiger partial charge in [0.25, 0.3) is 5.56 Å². The number of carbonyl (C=O) groups is 1. The Morgan fingerprint density at radius 3 is 2.71 bits per heavy atom. The molecule has 3 rings (SSSR count). The number of aromatic nitrogens is 2. The highest BCUT2D eigenvalue weighted by Crippen LogP contribution is 2.43. The molecule has 1 saturated carbocycles. The zero-order valence-corrected chi connectivity index (χ0v) is 13.0. The molecule has 0 unspecified atom stereocenters. The lowest BCUT2D eigenvalue weighted by molar-refractivity contribution is -0.144. The Morgan fingerprint density at radius 2 is 2.14 bits per heavy atom. The number of hydrogen-bond acceptors (Lipinski definition) is 5. The lowest BCUT2D eigenvalue weighted by atomic mass is 9.87. The highest BCUT2D eigenvalue weighted by atomic mass is 35.5. The van der Waals surface area contributed by atoms with Crippen LogP contribution in [-0.2, 0) is 14.9 Å². The second-order valence-corrected chi connectivity index (χ2v) is 6.68. The third-order valence-electron chi connectivity index (χ3n) is 4.12. The van der Waals surface area contributed by atoms with Gasteiger partial charge in [0.05, 0.1) is 12.8 Å². The summed E-state index contributed by atoms with van der Waals surface area (Å²) in [6.45, 7) is 3.89. The van der Waals surface area contributed by atoms with Crippen LogP contribution in [0, 0.1) is 0 Å². The van der Waals surface area contributed by atoms with Gasteiger partial charge < -0.3 is 10.1 Å². The van der Waals surface area contributed by atoms with Crippen molar-refractivity contribution in [3.05, 3.63) is 21.2 Å². The first-order valence-corrected chi connectivity index (χ1v) is 7.40. The van der Waals surface area contributed by atoms with E-state index in [1.54, 1.807) is 0 Å². The molecule has 1 N–H and O–H groups in total. The lowest BCUT2D eigenvalue weighted by Crippen LogP contribution is -2.32. The van der Waals surface area contributed by atoms with Crippen LogP contribution in [0.25, 0.3) is 0 Å². The van der Waals surface area contributed by atoms with Crippen molar-refractivity contribution in [2.24, 2.45) is 0 Å². The maximum atomic E-state index is 12.7. The summed E-state index contributed by atoms with van der Waals surface area (Å²) in [5, 5.41) is 3.35. The van der Waals surface area contributed by atoms with Crippen molar-refractivity contribution < 1.29 is 9.53 Å². The summed E-state index contributed by atoms with van der Waals surface area (Å²) in [4.78, 5) is 28.9. The number of fused-ring (bicyclic) bond motifs is 1. The van der Waals surface area contributed by atoms with Crippen molar-refractivity contribution in [2.45, 2.75) is 50.6 Å². The SMILES string of the molecule is COC(=O)[C@@H]1CC(C)(C)c2c(Cl)nc(NC3CC3)c(=O)n21. The van der Waals surface area contributed by atoms with Crippen molar-refractivity contribution in [1.82, 2.24) is 9.55 Å². The Bertz CT molecular complexity index is 664. The van der Waals surface area contributed by atoms with Crippen LogP contribution in [-0.4, -0.2) is 28.7 Å². The zero-order valence-electron chi connectivity index (χ0n) is 12.3. The average molecular weight is 312 g/mol. The second-order valence-electron chi connectivity index (χ2n) is 6.32. The number of halogens is 1. The van der Waals surface area contributed by atoms with E-state index in [4.69, 9.17) is 16.3 Å². The van der Waals surface area contributed by atoms with Gasteiger partial charge in [-0.25, -0.2) is 9.78 Å². The van der Waals surface area contributed by atoms with Crippen LogP contribution in [0.4, 0.5) is 5.82 Å². The summed E-state index contributed by atoms with van der Waals surface area (Å²) >= 11 is 6.29. The van der Waals surface area contributed by atoms with Crippen LogP contribution in [0.1, 0.15) is 44.8 Å². The van der Waals surface area contributed by atoms with Crippen LogP contribution in [0.2, 0.25) is 5.15 Å². The van der Waals surface area contributed by atoms with Gasteiger partial charge in [-0.3, -0.25) is 9.36 Å². The Kier molecular flexibility index (Phi) is 3.24. The molecule has 0 amide bonds. The molecule has 0 spiro atoms. The number of hydrogen-bond donors (Lipinski definition) is 1. The van der Waals surface area contributed by atoms with E-state index in [1.807, 2.05) is 13.8 Å². The Morgan fingerprint density at radius 1 is 1.48 bits per heavy atom. The molecule has 6 nitrogen and oxygen atoms in total. The van der Waals surface area contributed by atoms with Crippen LogP contribution in [0.15, 0.2) is 4.79 Å². The topological polar surface area (TPSA) is 73.2 Å². The van der Waals surface area contributed by atoms with Gasteiger partial charge >= 0.3 is 5.97 Å². The fourth-order valence-electron chi connectivity index (χ4n) is 2.93. The van der Waals surface area contributed by atoms with Gasteiger partial charge in [-0.15, -0.1) is 0 Å². The third kappa shape index (κ3) is 2.31. The van der Waals surface area contributed by atoms with Crippen LogP contribution in [0.5, 0.6) is 0 Å². The molecule has 2 heterocycles. The molecule has 0 aromatic carbocycles. The number of rotatable bonds is 3. The number of esters is 1. The maximum absolute atomic E-state index is 12.7. The van der Waals surface area contributed by atoms with Crippen LogP contribution in [0.3, 0.4) is 0 Å². The minimum absolute atomic E-state index is 0.220. The van der Waals surface area contributed by atoms with E-state index >= 15 is 0 Å². The average Bonchev–Trinajstić information content (AvgIpc) is 3.17. The predicted octanol–water partition coefficient (Wildman–Crippen LogP) is 1.87. The fraction of sp³-hybridized carbons (Fsp3) is 0.643. The highest BCUT2D eigenvalue weighted by Gasteiger charge is 2.44.